The molecule has 0 fully saturated rings. The van der Waals surface area contributed by atoms with Gasteiger partial charge in [-0.2, -0.15) is 4.98 Å². The van der Waals surface area contributed by atoms with Crippen LogP contribution in [0.5, 0.6) is 0 Å². The van der Waals surface area contributed by atoms with Gasteiger partial charge in [-0.25, -0.2) is 4.98 Å². The van der Waals surface area contributed by atoms with Gasteiger partial charge in [0.25, 0.3) is 11.8 Å². The maximum absolute atomic E-state index is 5.55. The Kier molecular flexibility index (Phi) is 2.24. The second kappa shape index (κ2) is 3.56. The first-order chi connectivity index (χ1) is 7.16. The van der Waals surface area contributed by atoms with Crippen molar-refractivity contribution < 1.29 is 4.52 Å². The van der Waals surface area contributed by atoms with E-state index in [4.69, 9.17) is 10.3 Å². The quantitative estimate of drug-likeness (QED) is 0.780. The predicted molar refractivity (Wildman–Crippen MR) is 56.3 cm³/mol. The molecule has 0 aliphatic rings. The van der Waals surface area contributed by atoms with E-state index in [0.717, 1.165) is 5.56 Å². The van der Waals surface area contributed by atoms with Gasteiger partial charge in [-0.15, -0.1) is 0 Å². The molecule has 2 N–H and O–H groups in total. The molecule has 0 spiro atoms. The summed E-state index contributed by atoms with van der Waals surface area (Å²) in [5.74, 6) is 1.39. The summed E-state index contributed by atoms with van der Waals surface area (Å²) in [6, 6.07) is 3.45. The van der Waals surface area contributed by atoms with Crippen LogP contribution in [0.3, 0.4) is 0 Å². The van der Waals surface area contributed by atoms with Crippen molar-refractivity contribution in [1.82, 2.24) is 15.1 Å². The number of nitrogens with zero attached hydrogens (tertiary/aromatic N) is 4. The molecule has 0 atom stereocenters. The van der Waals surface area contributed by atoms with Crippen LogP contribution in [0.25, 0.3) is 11.5 Å². The fraction of sp³-hybridized carbons (Fsp3) is 0.222. The number of anilines is 2. The highest BCUT2D eigenvalue weighted by atomic mass is 16.5. The third-order valence-electron chi connectivity index (χ3n) is 1.84. The molecule has 0 amide bonds. The Hall–Kier alpha value is -2.11. The summed E-state index contributed by atoms with van der Waals surface area (Å²) >= 11 is 0. The van der Waals surface area contributed by atoms with Gasteiger partial charge in [-0.3, -0.25) is 0 Å². The lowest BCUT2D eigenvalue weighted by molar-refractivity contribution is 0.431. The fourth-order valence-electron chi connectivity index (χ4n) is 1.10. The first-order valence-electron chi connectivity index (χ1n) is 4.40. The van der Waals surface area contributed by atoms with Gasteiger partial charge < -0.3 is 15.2 Å². The van der Waals surface area contributed by atoms with Crippen LogP contribution < -0.4 is 10.6 Å². The van der Waals surface area contributed by atoms with Crippen LogP contribution in [-0.4, -0.2) is 29.2 Å². The zero-order valence-electron chi connectivity index (χ0n) is 8.51. The first kappa shape index (κ1) is 9.45. The van der Waals surface area contributed by atoms with Gasteiger partial charge in [-0.05, 0) is 17.3 Å². The van der Waals surface area contributed by atoms with Crippen molar-refractivity contribution in [1.29, 1.82) is 0 Å². The van der Waals surface area contributed by atoms with Gasteiger partial charge in [0.15, 0.2) is 0 Å². The smallest absolute Gasteiger partial charge is 0.265 e. The molecule has 0 unspecified atom stereocenters. The van der Waals surface area contributed by atoms with Gasteiger partial charge in [0.1, 0.15) is 5.82 Å². The molecule has 2 aromatic heterocycles. The molecule has 0 aliphatic carbocycles. The Morgan fingerprint density at radius 2 is 2.20 bits per heavy atom. The summed E-state index contributed by atoms with van der Waals surface area (Å²) in [6.45, 7) is 0. The highest BCUT2D eigenvalue weighted by Gasteiger charge is 2.09. The molecule has 0 radical (unpaired) electrons. The number of aromatic nitrogens is 3. The molecule has 15 heavy (non-hydrogen) atoms. The minimum absolute atomic E-state index is 0.428. The van der Waals surface area contributed by atoms with Gasteiger partial charge in [0, 0.05) is 25.9 Å². The largest absolute Gasteiger partial charge is 0.384 e. The van der Waals surface area contributed by atoms with Gasteiger partial charge in [-0.1, -0.05) is 0 Å². The van der Waals surface area contributed by atoms with E-state index < -0.39 is 0 Å². The Morgan fingerprint density at radius 1 is 1.40 bits per heavy atom. The van der Waals surface area contributed by atoms with Crippen LogP contribution in [0.1, 0.15) is 0 Å². The molecule has 6 nitrogen and oxygen atoms in total. The zero-order valence-corrected chi connectivity index (χ0v) is 8.51. The number of nitrogens with two attached hydrogens (primary N) is 1. The average molecular weight is 205 g/mol. The Morgan fingerprint density at radius 3 is 2.80 bits per heavy atom. The molecule has 78 valence electrons. The highest BCUT2D eigenvalue weighted by molar-refractivity contribution is 5.57. The molecule has 0 aromatic carbocycles. The van der Waals surface area contributed by atoms with Crippen LogP contribution in [0.15, 0.2) is 22.9 Å². The molecule has 0 bridgehead atoms. The fourth-order valence-corrected chi connectivity index (χ4v) is 1.10. The molecule has 2 rings (SSSR count). The lowest BCUT2D eigenvalue weighted by atomic mass is 10.2. The molecule has 2 aromatic rings. The van der Waals surface area contributed by atoms with Crippen molar-refractivity contribution in [3.8, 4) is 11.5 Å². The van der Waals surface area contributed by atoms with E-state index in [2.05, 4.69) is 15.1 Å². The molecular weight excluding hydrogens is 194 g/mol. The van der Waals surface area contributed by atoms with Crippen molar-refractivity contribution in [2.75, 3.05) is 24.7 Å². The minimum atomic E-state index is 0.428. The number of hydrogen-bond donors (Lipinski definition) is 1. The van der Waals surface area contributed by atoms with Crippen LogP contribution in [0.4, 0.5) is 11.8 Å². The molecule has 0 aliphatic heterocycles. The maximum Gasteiger partial charge on any atom is 0.265 e. The van der Waals surface area contributed by atoms with E-state index in [0.29, 0.717) is 17.7 Å². The summed E-state index contributed by atoms with van der Waals surface area (Å²) in [7, 11) is 3.69. The van der Waals surface area contributed by atoms with Gasteiger partial charge in [0.05, 0.1) is 0 Å². The predicted octanol–water partition coefficient (Wildman–Crippen LogP) is 0.780. The Balaban J connectivity index is 2.37. The van der Waals surface area contributed by atoms with Crippen molar-refractivity contribution >= 4 is 11.8 Å². The SMILES string of the molecule is CN(C)c1noc(-c2ccnc(N)c2)n1. The maximum atomic E-state index is 5.55. The third kappa shape index (κ3) is 1.88. The first-order valence-corrected chi connectivity index (χ1v) is 4.40. The number of rotatable bonds is 2. The van der Waals surface area contributed by atoms with Crippen LogP contribution >= 0.6 is 0 Å². The van der Waals surface area contributed by atoms with Crippen LogP contribution in [-0.2, 0) is 0 Å². The topological polar surface area (TPSA) is 81.1 Å². The van der Waals surface area contributed by atoms with E-state index in [1.807, 2.05) is 14.1 Å². The highest BCUT2D eigenvalue weighted by Crippen LogP contribution is 2.19. The zero-order chi connectivity index (χ0) is 10.8. The van der Waals surface area contributed by atoms with E-state index in [1.165, 1.54) is 0 Å². The third-order valence-corrected chi connectivity index (χ3v) is 1.84. The number of pyridine rings is 1. The molecular formula is C9H11N5O. The van der Waals surface area contributed by atoms with E-state index >= 15 is 0 Å². The molecule has 6 heteroatoms. The molecule has 0 saturated carbocycles. The summed E-state index contributed by atoms with van der Waals surface area (Å²) in [6.07, 6.45) is 1.60. The Bertz CT molecular complexity index is 465. The lowest BCUT2D eigenvalue weighted by Crippen LogP contribution is -2.10. The average Bonchev–Trinajstić information content (AvgIpc) is 2.66. The monoisotopic (exact) mass is 205 g/mol. The van der Waals surface area contributed by atoms with Crippen molar-refractivity contribution in [3.63, 3.8) is 0 Å². The van der Waals surface area contributed by atoms with Crippen molar-refractivity contribution in [3.05, 3.63) is 18.3 Å². The van der Waals surface area contributed by atoms with E-state index in [-0.39, 0.29) is 0 Å². The number of hydrogen-bond acceptors (Lipinski definition) is 6. The lowest BCUT2D eigenvalue weighted by Gasteiger charge is -2.02. The normalized spacial score (nSPS) is 10.3. The summed E-state index contributed by atoms with van der Waals surface area (Å²) in [4.78, 5) is 9.83. The summed E-state index contributed by atoms with van der Waals surface area (Å²) < 4.78 is 5.08. The Labute approximate surface area is 86.7 Å². The van der Waals surface area contributed by atoms with Crippen LogP contribution in [0.2, 0.25) is 0 Å². The standard InChI is InChI=1S/C9H11N5O/c1-14(2)9-12-8(15-13-9)6-3-4-11-7(10)5-6/h3-5H,1-2H3,(H2,10,11). The van der Waals surface area contributed by atoms with Crippen molar-refractivity contribution in [2.24, 2.45) is 0 Å². The van der Waals surface area contributed by atoms with Gasteiger partial charge >= 0.3 is 0 Å². The van der Waals surface area contributed by atoms with E-state index in [9.17, 15) is 0 Å². The summed E-state index contributed by atoms with van der Waals surface area (Å²) in [5.41, 5.74) is 6.32. The van der Waals surface area contributed by atoms with E-state index in [1.54, 1.807) is 23.2 Å². The second-order valence-electron chi connectivity index (χ2n) is 3.26. The minimum Gasteiger partial charge on any atom is -0.384 e. The number of nitrogen functional groups attached to an aromatic ring is 1. The molecule has 2 heterocycles. The summed E-state index contributed by atoms with van der Waals surface area (Å²) in [5, 5.41) is 3.80. The molecule has 0 saturated heterocycles. The van der Waals surface area contributed by atoms with Crippen LogP contribution in [0, 0.1) is 0 Å². The van der Waals surface area contributed by atoms with Crippen molar-refractivity contribution in [2.45, 2.75) is 0 Å². The second-order valence-corrected chi connectivity index (χ2v) is 3.26. The van der Waals surface area contributed by atoms with Gasteiger partial charge in [0.2, 0.25) is 0 Å².